The Morgan fingerprint density at radius 1 is 0.857 bits per heavy atom. The lowest BCUT2D eigenvalue weighted by atomic mass is 9.93. The number of piperazine rings is 1. The molecular formula is C23H25N3O2. The number of carbonyl (C=O) groups excluding carboxylic acids is 2. The molecule has 2 heterocycles. The SMILES string of the molecule is CCN1CCN(C=C2C(=O)N(c3ccccc3C)C(=O)c3ccccc32)CC1. The van der Waals surface area contributed by atoms with E-state index in [2.05, 4.69) is 16.7 Å². The van der Waals surface area contributed by atoms with E-state index in [9.17, 15) is 9.59 Å². The standard InChI is InChI=1S/C23H25N3O2/c1-3-24-12-14-25(15-13-24)16-20-18-9-5-6-10-19(18)22(27)26(23(20)28)21-11-7-4-8-17(21)2/h4-11,16H,3,12-15H2,1-2H3. The van der Waals surface area contributed by atoms with Crippen LogP contribution in [0.5, 0.6) is 0 Å². The van der Waals surface area contributed by atoms with Gasteiger partial charge in [-0.2, -0.15) is 0 Å². The number of imide groups is 1. The fourth-order valence-electron chi connectivity index (χ4n) is 3.90. The summed E-state index contributed by atoms with van der Waals surface area (Å²) in [5, 5.41) is 0. The van der Waals surface area contributed by atoms with Crippen LogP contribution < -0.4 is 4.90 Å². The first-order valence-corrected chi connectivity index (χ1v) is 9.82. The molecule has 0 radical (unpaired) electrons. The number of carbonyl (C=O) groups is 2. The van der Waals surface area contributed by atoms with Crippen molar-refractivity contribution in [2.24, 2.45) is 0 Å². The fourth-order valence-corrected chi connectivity index (χ4v) is 3.90. The van der Waals surface area contributed by atoms with Gasteiger partial charge in [0.15, 0.2) is 0 Å². The maximum absolute atomic E-state index is 13.4. The van der Waals surface area contributed by atoms with Crippen LogP contribution in [0.3, 0.4) is 0 Å². The number of nitrogens with zero attached hydrogens (tertiary/aromatic N) is 3. The molecule has 0 aromatic heterocycles. The summed E-state index contributed by atoms with van der Waals surface area (Å²) in [7, 11) is 0. The number of aryl methyl sites for hydroxylation is 1. The molecule has 0 atom stereocenters. The smallest absolute Gasteiger partial charge is 0.267 e. The lowest BCUT2D eigenvalue weighted by Crippen LogP contribution is -2.45. The second-order valence-corrected chi connectivity index (χ2v) is 7.29. The Morgan fingerprint density at radius 2 is 1.50 bits per heavy atom. The zero-order valence-corrected chi connectivity index (χ0v) is 16.4. The van der Waals surface area contributed by atoms with Crippen molar-refractivity contribution in [2.45, 2.75) is 13.8 Å². The number of likely N-dealkylation sites (N-methyl/N-ethyl adjacent to an activating group) is 1. The topological polar surface area (TPSA) is 43.9 Å². The van der Waals surface area contributed by atoms with E-state index in [1.54, 1.807) is 6.07 Å². The van der Waals surface area contributed by atoms with Crippen molar-refractivity contribution in [3.8, 4) is 0 Å². The van der Waals surface area contributed by atoms with Gasteiger partial charge in [-0.25, -0.2) is 4.90 Å². The molecule has 2 aliphatic rings. The summed E-state index contributed by atoms with van der Waals surface area (Å²) in [4.78, 5) is 32.5. The zero-order valence-electron chi connectivity index (χ0n) is 16.4. The Kier molecular flexibility index (Phi) is 5.01. The van der Waals surface area contributed by atoms with Gasteiger partial charge in [-0.3, -0.25) is 9.59 Å². The molecule has 5 heteroatoms. The van der Waals surface area contributed by atoms with Crippen LogP contribution >= 0.6 is 0 Å². The average Bonchev–Trinajstić information content (AvgIpc) is 2.73. The minimum atomic E-state index is -0.261. The predicted octanol–water partition coefficient (Wildman–Crippen LogP) is 3.16. The Morgan fingerprint density at radius 3 is 2.18 bits per heavy atom. The van der Waals surface area contributed by atoms with Crippen LogP contribution in [0.15, 0.2) is 54.7 Å². The van der Waals surface area contributed by atoms with E-state index < -0.39 is 0 Å². The Balaban J connectivity index is 1.76. The minimum absolute atomic E-state index is 0.254. The van der Waals surface area contributed by atoms with Crippen LogP contribution in [0.2, 0.25) is 0 Å². The number of hydrogen-bond donors (Lipinski definition) is 0. The number of hydrogen-bond acceptors (Lipinski definition) is 4. The maximum atomic E-state index is 13.4. The predicted molar refractivity (Wildman–Crippen MR) is 111 cm³/mol. The molecule has 2 aromatic rings. The summed E-state index contributed by atoms with van der Waals surface area (Å²) in [6.07, 6.45) is 1.95. The highest BCUT2D eigenvalue weighted by Gasteiger charge is 2.36. The van der Waals surface area contributed by atoms with Crippen LogP contribution in [0, 0.1) is 6.92 Å². The van der Waals surface area contributed by atoms with Crippen molar-refractivity contribution in [1.29, 1.82) is 0 Å². The monoisotopic (exact) mass is 375 g/mol. The summed E-state index contributed by atoms with van der Waals surface area (Å²) in [5.74, 6) is -0.515. The average molecular weight is 375 g/mol. The highest BCUT2D eigenvalue weighted by molar-refractivity contribution is 6.41. The van der Waals surface area contributed by atoms with Gasteiger partial charge >= 0.3 is 0 Å². The van der Waals surface area contributed by atoms with E-state index in [1.165, 1.54) is 4.90 Å². The van der Waals surface area contributed by atoms with Gasteiger partial charge in [0.1, 0.15) is 0 Å². The second kappa shape index (κ2) is 7.60. The van der Waals surface area contributed by atoms with Crippen molar-refractivity contribution in [2.75, 3.05) is 37.6 Å². The molecule has 2 aliphatic heterocycles. The van der Waals surface area contributed by atoms with Gasteiger partial charge in [0.05, 0.1) is 11.3 Å². The van der Waals surface area contributed by atoms with E-state index in [0.717, 1.165) is 43.9 Å². The molecule has 1 fully saturated rings. The first-order valence-electron chi connectivity index (χ1n) is 9.82. The third-order valence-corrected chi connectivity index (χ3v) is 5.61. The summed E-state index contributed by atoms with van der Waals surface area (Å²) in [6, 6.07) is 14.9. The van der Waals surface area contributed by atoms with E-state index >= 15 is 0 Å². The van der Waals surface area contributed by atoms with Crippen molar-refractivity contribution < 1.29 is 9.59 Å². The quantitative estimate of drug-likeness (QED) is 0.611. The molecule has 2 amide bonds. The van der Waals surface area contributed by atoms with Crippen LogP contribution in [-0.4, -0.2) is 54.3 Å². The molecule has 144 valence electrons. The van der Waals surface area contributed by atoms with E-state index in [0.29, 0.717) is 16.8 Å². The normalized spacial score (nSPS) is 19.3. The Hall–Kier alpha value is -2.92. The molecule has 0 spiro atoms. The number of para-hydroxylation sites is 1. The van der Waals surface area contributed by atoms with Crippen LogP contribution in [-0.2, 0) is 4.79 Å². The molecule has 28 heavy (non-hydrogen) atoms. The molecule has 2 aromatic carbocycles. The molecule has 5 nitrogen and oxygen atoms in total. The van der Waals surface area contributed by atoms with Crippen molar-refractivity contribution in [3.63, 3.8) is 0 Å². The van der Waals surface area contributed by atoms with Crippen molar-refractivity contribution in [3.05, 3.63) is 71.4 Å². The lowest BCUT2D eigenvalue weighted by Gasteiger charge is -2.35. The van der Waals surface area contributed by atoms with Gasteiger partial charge in [-0.1, -0.05) is 43.3 Å². The highest BCUT2D eigenvalue weighted by atomic mass is 16.2. The van der Waals surface area contributed by atoms with Gasteiger partial charge < -0.3 is 9.80 Å². The first-order chi connectivity index (χ1) is 13.6. The van der Waals surface area contributed by atoms with Crippen molar-refractivity contribution >= 4 is 23.1 Å². The Labute approximate surface area is 165 Å². The van der Waals surface area contributed by atoms with Gasteiger partial charge in [-0.15, -0.1) is 0 Å². The Bertz CT molecular complexity index is 942. The minimum Gasteiger partial charge on any atom is -0.374 e. The molecule has 1 saturated heterocycles. The van der Waals surface area contributed by atoms with Gasteiger partial charge in [-0.05, 0) is 31.2 Å². The van der Waals surface area contributed by atoms with Crippen molar-refractivity contribution in [1.82, 2.24) is 9.80 Å². The number of amides is 2. The lowest BCUT2D eigenvalue weighted by molar-refractivity contribution is -0.112. The molecule has 0 unspecified atom stereocenters. The number of rotatable bonds is 3. The van der Waals surface area contributed by atoms with Gasteiger partial charge in [0.25, 0.3) is 11.8 Å². The van der Waals surface area contributed by atoms with Crippen LogP contribution in [0.1, 0.15) is 28.4 Å². The summed E-state index contributed by atoms with van der Waals surface area (Å²) in [6.45, 7) is 8.86. The molecular weight excluding hydrogens is 350 g/mol. The third kappa shape index (κ3) is 3.22. The van der Waals surface area contributed by atoms with Gasteiger partial charge in [0.2, 0.25) is 0 Å². The second-order valence-electron chi connectivity index (χ2n) is 7.29. The maximum Gasteiger partial charge on any atom is 0.267 e. The molecule has 0 saturated carbocycles. The largest absolute Gasteiger partial charge is 0.374 e. The van der Waals surface area contributed by atoms with Crippen LogP contribution in [0.4, 0.5) is 5.69 Å². The molecule has 0 N–H and O–H groups in total. The summed E-state index contributed by atoms with van der Waals surface area (Å²) >= 11 is 0. The van der Waals surface area contributed by atoms with E-state index in [1.807, 2.05) is 55.6 Å². The van der Waals surface area contributed by atoms with E-state index in [4.69, 9.17) is 0 Å². The molecule has 0 aliphatic carbocycles. The number of anilines is 1. The van der Waals surface area contributed by atoms with Crippen LogP contribution in [0.25, 0.3) is 5.57 Å². The van der Waals surface area contributed by atoms with Gasteiger partial charge in [0, 0.05) is 43.5 Å². The highest BCUT2D eigenvalue weighted by Crippen LogP contribution is 2.33. The third-order valence-electron chi connectivity index (χ3n) is 5.61. The number of fused-ring (bicyclic) bond motifs is 1. The molecule has 0 bridgehead atoms. The van der Waals surface area contributed by atoms with E-state index in [-0.39, 0.29) is 11.8 Å². The fraction of sp³-hybridized carbons (Fsp3) is 0.304. The first kappa shape index (κ1) is 18.4. The number of benzene rings is 2. The summed E-state index contributed by atoms with van der Waals surface area (Å²) in [5.41, 5.74) is 3.43. The summed E-state index contributed by atoms with van der Waals surface area (Å²) < 4.78 is 0. The zero-order chi connectivity index (χ0) is 19.7. The molecule has 4 rings (SSSR count).